The lowest BCUT2D eigenvalue weighted by Crippen LogP contribution is -2.44. The van der Waals surface area contributed by atoms with Gasteiger partial charge < -0.3 is 4.98 Å². The van der Waals surface area contributed by atoms with Gasteiger partial charge in [0.25, 0.3) is 5.56 Å². The van der Waals surface area contributed by atoms with Crippen LogP contribution in [0, 0.1) is 0 Å². The Labute approximate surface area is 105 Å². The first-order chi connectivity index (χ1) is 8.67. The minimum absolute atomic E-state index is 0.00577. The summed E-state index contributed by atoms with van der Waals surface area (Å²) < 4.78 is 1.78. The summed E-state index contributed by atoms with van der Waals surface area (Å²) in [5, 5.41) is 4.52. The van der Waals surface area contributed by atoms with E-state index in [0.29, 0.717) is 6.04 Å². The second-order valence-corrected chi connectivity index (χ2v) is 5.04. The molecule has 1 atom stereocenters. The highest BCUT2D eigenvalue weighted by molar-refractivity contribution is 5.39. The molecule has 1 saturated heterocycles. The SMILES string of the molecule is CCc1cn2nc(CN3CC[C@H]3C)cc2[nH]c1=O. The number of aryl methyl sites for hydroxylation is 1. The first-order valence-electron chi connectivity index (χ1n) is 6.52. The molecule has 0 aromatic carbocycles. The van der Waals surface area contributed by atoms with Crippen LogP contribution in [-0.4, -0.2) is 32.1 Å². The van der Waals surface area contributed by atoms with Crippen LogP contribution in [0.5, 0.6) is 0 Å². The van der Waals surface area contributed by atoms with Gasteiger partial charge in [0.1, 0.15) is 5.65 Å². The molecule has 0 spiro atoms. The Morgan fingerprint density at radius 3 is 3.00 bits per heavy atom. The van der Waals surface area contributed by atoms with Crippen LogP contribution < -0.4 is 5.56 Å². The molecule has 0 bridgehead atoms. The van der Waals surface area contributed by atoms with Gasteiger partial charge in [0.2, 0.25) is 0 Å². The molecule has 96 valence electrons. The zero-order valence-electron chi connectivity index (χ0n) is 10.8. The number of aromatic amines is 1. The molecule has 3 heterocycles. The van der Waals surface area contributed by atoms with Crippen molar-refractivity contribution in [1.29, 1.82) is 0 Å². The lowest BCUT2D eigenvalue weighted by atomic mass is 10.1. The predicted octanol–water partition coefficient (Wildman–Crippen LogP) is 1.18. The minimum atomic E-state index is -0.00577. The van der Waals surface area contributed by atoms with Crippen molar-refractivity contribution < 1.29 is 0 Å². The van der Waals surface area contributed by atoms with E-state index in [1.54, 1.807) is 4.52 Å². The van der Waals surface area contributed by atoms with E-state index >= 15 is 0 Å². The number of nitrogens with zero attached hydrogens (tertiary/aromatic N) is 3. The van der Waals surface area contributed by atoms with Crippen LogP contribution in [0.15, 0.2) is 17.1 Å². The van der Waals surface area contributed by atoms with Crippen LogP contribution in [0.3, 0.4) is 0 Å². The Morgan fingerprint density at radius 2 is 2.39 bits per heavy atom. The number of aromatic nitrogens is 3. The summed E-state index contributed by atoms with van der Waals surface area (Å²) in [6.07, 6.45) is 3.82. The van der Waals surface area contributed by atoms with E-state index in [0.717, 1.165) is 36.4 Å². The lowest BCUT2D eigenvalue weighted by molar-refractivity contribution is 0.0943. The second kappa shape index (κ2) is 4.24. The predicted molar refractivity (Wildman–Crippen MR) is 69.7 cm³/mol. The van der Waals surface area contributed by atoms with Crippen LogP contribution >= 0.6 is 0 Å². The lowest BCUT2D eigenvalue weighted by Gasteiger charge is -2.37. The van der Waals surface area contributed by atoms with Crippen molar-refractivity contribution in [2.45, 2.75) is 39.3 Å². The molecular weight excluding hydrogens is 228 g/mol. The Bertz CT molecular complexity index is 627. The van der Waals surface area contributed by atoms with Crippen molar-refractivity contribution in [1.82, 2.24) is 19.5 Å². The maximum atomic E-state index is 11.7. The van der Waals surface area contributed by atoms with Gasteiger partial charge in [-0.05, 0) is 19.8 Å². The Balaban J connectivity index is 1.93. The fourth-order valence-corrected chi connectivity index (χ4v) is 2.38. The van der Waals surface area contributed by atoms with E-state index in [2.05, 4.69) is 21.9 Å². The number of rotatable bonds is 3. The van der Waals surface area contributed by atoms with E-state index in [4.69, 9.17) is 0 Å². The second-order valence-electron chi connectivity index (χ2n) is 5.04. The average Bonchev–Trinajstić information content (AvgIpc) is 2.74. The number of fused-ring (bicyclic) bond motifs is 1. The highest BCUT2D eigenvalue weighted by Gasteiger charge is 2.24. The van der Waals surface area contributed by atoms with Crippen molar-refractivity contribution in [2.24, 2.45) is 0 Å². The standard InChI is InChI=1S/C13H18N4O/c1-3-10-7-17-12(14-13(10)18)6-11(15-17)8-16-5-4-9(16)2/h6-7,9H,3-5,8H2,1-2H3,(H,14,18)/t9-/m1/s1. The number of hydrogen-bond donors (Lipinski definition) is 1. The van der Waals surface area contributed by atoms with Gasteiger partial charge in [0, 0.05) is 37.0 Å². The van der Waals surface area contributed by atoms with Crippen molar-refractivity contribution in [3.05, 3.63) is 33.9 Å². The maximum absolute atomic E-state index is 11.7. The van der Waals surface area contributed by atoms with E-state index in [1.807, 2.05) is 19.2 Å². The molecule has 1 fully saturated rings. The molecule has 1 aliphatic rings. The molecule has 18 heavy (non-hydrogen) atoms. The Hall–Kier alpha value is -1.62. The third kappa shape index (κ3) is 1.84. The van der Waals surface area contributed by atoms with Crippen LogP contribution in [0.25, 0.3) is 5.65 Å². The van der Waals surface area contributed by atoms with Crippen molar-refractivity contribution in [2.75, 3.05) is 6.54 Å². The van der Waals surface area contributed by atoms with Gasteiger partial charge >= 0.3 is 0 Å². The first-order valence-corrected chi connectivity index (χ1v) is 6.52. The van der Waals surface area contributed by atoms with Gasteiger partial charge in [-0.15, -0.1) is 0 Å². The zero-order valence-corrected chi connectivity index (χ0v) is 10.8. The summed E-state index contributed by atoms with van der Waals surface area (Å²) in [6.45, 7) is 6.22. The highest BCUT2D eigenvalue weighted by atomic mass is 16.1. The molecule has 3 rings (SSSR count). The topological polar surface area (TPSA) is 53.4 Å². The van der Waals surface area contributed by atoms with Crippen LogP contribution in [-0.2, 0) is 13.0 Å². The van der Waals surface area contributed by atoms with Crippen LogP contribution in [0.4, 0.5) is 0 Å². The van der Waals surface area contributed by atoms with Gasteiger partial charge in [-0.3, -0.25) is 9.69 Å². The monoisotopic (exact) mass is 246 g/mol. The fraction of sp³-hybridized carbons (Fsp3) is 0.538. The quantitative estimate of drug-likeness (QED) is 0.884. The number of likely N-dealkylation sites (tertiary alicyclic amines) is 1. The van der Waals surface area contributed by atoms with Crippen molar-refractivity contribution in [3.8, 4) is 0 Å². The van der Waals surface area contributed by atoms with E-state index in [9.17, 15) is 4.79 Å². The van der Waals surface area contributed by atoms with Crippen LogP contribution in [0.1, 0.15) is 31.5 Å². The van der Waals surface area contributed by atoms with Crippen molar-refractivity contribution in [3.63, 3.8) is 0 Å². The molecule has 5 nitrogen and oxygen atoms in total. The minimum Gasteiger partial charge on any atom is -0.307 e. The smallest absolute Gasteiger partial charge is 0.254 e. The molecule has 1 N–H and O–H groups in total. The summed E-state index contributed by atoms with van der Waals surface area (Å²) >= 11 is 0. The summed E-state index contributed by atoms with van der Waals surface area (Å²) in [5.74, 6) is 0. The third-order valence-electron chi connectivity index (χ3n) is 3.80. The molecule has 0 saturated carbocycles. The summed E-state index contributed by atoms with van der Waals surface area (Å²) in [4.78, 5) is 17.0. The number of hydrogen-bond acceptors (Lipinski definition) is 3. The normalized spacial score (nSPS) is 20.2. The summed E-state index contributed by atoms with van der Waals surface area (Å²) in [6, 6.07) is 2.62. The van der Waals surface area contributed by atoms with E-state index in [1.165, 1.54) is 6.42 Å². The maximum Gasteiger partial charge on any atom is 0.254 e. The highest BCUT2D eigenvalue weighted by Crippen LogP contribution is 2.19. The van der Waals surface area contributed by atoms with E-state index in [-0.39, 0.29) is 5.56 Å². The Kier molecular flexibility index (Phi) is 2.70. The van der Waals surface area contributed by atoms with Crippen LogP contribution in [0.2, 0.25) is 0 Å². The number of H-pyrrole nitrogens is 1. The summed E-state index contributed by atoms with van der Waals surface area (Å²) in [7, 11) is 0. The molecule has 2 aromatic rings. The molecule has 0 unspecified atom stereocenters. The Morgan fingerprint density at radius 1 is 1.56 bits per heavy atom. The molecule has 1 aliphatic heterocycles. The molecular formula is C13H18N4O. The largest absolute Gasteiger partial charge is 0.307 e. The van der Waals surface area contributed by atoms with Gasteiger partial charge in [-0.1, -0.05) is 6.92 Å². The molecule has 0 amide bonds. The van der Waals surface area contributed by atoms with E-state index < -0.39 is 0 Å². The van der Waals surface area contributed by atoms with Gasteiger partial charge in [0.15, 0.2) is 0 Å². The molecule has 5 heteroatoms. The van der Waals surface area contributed by atoms with Gasteiger partial charge in [-0.2, -0.15) is 5.10 Å². The van der Waals surface area contributed by atoms with Gasteiger partial charge in [0.05, 0.1) is 5.69 Å². The molecule has 2 aromatic heterocycles. The summed E-state index contributed by atoms with van der Waals surface area (Å²) in [5.41, 5.74) is 2.56. The zero-order chi connectivity index (χ0) is 12.7. The number of nitrogens with one attached hydrogen (secondary N) is 1. The van der Waals surface area contributed by atoms with Crippen molar-refractivity contribution >= 4 is 5.65 Å². The fourth-order valence-electron chi connectivity index (χ4n) is 2.38. The third-order valence-corrected chi connectivity index (χ3v) is 3.80. The molecule has 0 aliphatic carbocycles. The molecule has 0 radical (unpaired) electrons. The average molecular weight is 246 g/mol. The first kappa shape index (κ1) is 11.5. The van der Waals surface area contributed by atoms with Gasteiger partial charge in [-0.25, -0.2) is 4.52 Å².